The molecule has 1 amide bonds. The van der Waals surface area contributed by atoms with E-state index in [4.69, 9.17) is 9.47 Å². The molecule has 0 bridgehead atoms. The van der Waals surface area contributed by atoms with Gasteiger partial charge in [0.25, 0.3) is 0 Å². The average Bonchev–Trinajstić information content (AvgIpc) is 2.74. The van der Waals surface area contributed by atoms with Crippen LogP contribution in [-0.2, 0) is 9.47 Å². The van der Waals surface area contributed by atoms with Gasteiger partial charge in [0.15, 0.2) is 0 Å². The topological polar surface area (TPSA) is 57.6 Å². The van der Waals surface area contributed by atoms with Crippen LogP contribution in [0.1, 0.15) is 45.4 Å². The molecule has 0 aliphatic carbocycles. The number of carbonyl (C=O) groups excluding carboxylic acids is 1. The van der Waals surface area contributed by atoms with Crippen LogP contribution in [0.15, 0.2) is 4.99 Å². The van der Waals surface area contributed by atoms with E-state index >= 15 is 0 Å². The molecule has 27 heavy (non-hydrogen) atoms. The van der Waals surface area contributed by atoms with Crippen molar-refractivity contribution in [1.82, 2.24) is 14.7 Å². The third-order valence-corrected chi connectivity index (χ3v) is 6.01. The van der Waals surface area contributed by atoms with Gasteiger partial charge in [-0.3, -0.25) is 4.90 Å². The van der Waals surface area contributed by atoms with E-state index in [0.717, 1.165) is 51.0 Å². The van der Waals surface area contributed by atoms with E-state index < -0.39 is 6.09 Å². The molecule has 154 valence electrons. The SMILES string of the molecule is CC/C(=N/C(=O)OCCN1CCC(N2CCCCC2)CC1)N1CCOCC1. The summed E-state index contributed by atoms with van der Waals surface area (Å²) in [4.78, 5) is 23.5. The van der Waals surface area contributed by atoms with Gasteiger partial charge in [-0.25, -0.2) is 4.79 Å². The highest BCUT2D eigenvalue weighted by Crippen LogP contribution is 2.20. The Balaban J connectivity index is 1.33. The molecule has 0 radical (unpaired) electrons. The third-order valence-electron chi connectivity index (χ3n) is 6.01. The summed E-state index contributed by atoms with van der Waals surface area (Å²) < 4.78 is 10.7. The largest absolute Gasteiger partial charge is 0.447 e. The number of hydrogen-bond donors (Lipinski definition) is 0. The van der Waals surface area contributed by atoms with E-state index in [1.54, 1.807) is 0 Å². The predicted molar refractivity (Wildman–Crippen MR) is 106 cm³/mol. The molecule has 3 heterocycles. The molecule has 0 aromatic rings. The van der Waals surface area contributed by atoms with Crippen molar-refractivity contribution >= 4 is 11.9 Å². The molecule has 3 rings (SSSR count). The number of nitrogens with zero attached hydrogens (tertiary/aromatic N) is 4. The second-order valence-electron chi connectivity index (χ2n) is 7.76. The first-order valence-electron chi connectivity index (χ1n) is 10.8. The van der Waals surface area contributed by atoms with Gasteiger partial charge in [0, 0.05) is 32.1 Å². The summed E-state index contributed by atoms with van der Waals surface area (Å²) in [5.41, 5.74) is 0. The second kappa shape index (κ2) is 11.0. The lowest BCUT2D eigenvalue weighted by atomic mass is 10.00. The molecule has 0 unspecified atom stereocenters. The van der Waals surface area contributed by atoms with Crippen molar-refractivity contribution in [3.05, 3.63) is 0 Å². The minimum atomic E-state index is -0.457. The van der Waals surface area contributed by atoms with E-state index in [2.05, 4.69) is 19.7 Å². The van der Waals surface area contributed by atoms with Gasteiger partial charge in [-0.2, -0.15) is 4.99 Å². The fraction of sp³-hybridized carbons (Fsp3) is 0.900. The molecule has 0 aromatic carbocycles. The lowest BCUT2D eigenvalue weighted by Gasteiger charge is -2.40. The van der Waals surface area contributed by atoms with Crippen molar-refractivity contribution in [2.24, 2.45) is 4.99 Å². The van der Waals surface area contributed by atoms with Crippen molar-refractivity contribution in [2.75, 3.05) is 65.6 Å². The summed E-state index contributed by atoms with van der Waals surface area (Å²) in [5, 5.41) is 0. The maximum absolute atomic E-state index is 12.1. The summed E-state index contributed by atoms with van der Waals surface area (Å²) >= 11 is 0. The van der Waals surface area contributed by atoms with Crippen molar-refractivity contribution in [1.29, 1.82) is 0 Å². The van der Waals surface area contributed by atoms with Crippen LogP contribution < -0.4 is 0 Å². The summed E-state index contributed by atoms with van der Waals surface area (Å²) in [6, 6.07) is 0.759. The van der Waals surface area contributed by atoms with Crippen molar-refractivity contribution in [3.8, 4) is 0 Å². The van der Waals surface area contributed by atoms with Crippen LogP contribution in [0.3, 0.4) is 0 Å². The average molecular weight is 381 g/mol. The molecule has 0 aromatic heterocycles. The highest BCUT2D eigenvalue weighted by atomic mass is 16.5. The predicted octanol–water partition coefficient (Wildman–Crippen LogP) is 2.21. The fourth-order valence-electron chi connectivity index (χ4n) is 4.39. The fourth-order valence-corrected chi connectivity index (χ4v) is 4.39. The van der Waals surface area contributed by atoms with Gasteiger partial charge >= 0.3 is 6.09 Å². The molecule has 3 aliphatic rings. The zero-order valence-electron chi connectivity index (χ0n) is 16.9. The second-order valence-corrected chi connectivity index (χ2v) is 7.76. The van der Waals surface area contributed by atoms with E-state index in [-0.39, 0.29) is 0 Å². The van der Waals surface area contributed by atoms with Gasteiger partial charge in [0.1, 0.15) is 12.4 Å². The standard InChI is InChI=1S/C20H36N4O3/c1-2-19(24-13-15-26-16-14-24)21-20(25)27-17-12-22-10-6-18(7-11-22)23-8-4-3-5-9-23/h18H,2-17H2,1H3/b21-19-. The van der Waals surface area contributed by atoms with E-state index in [1.165, 1.54) is 45.2 Å². The molecular formula is C20H36N4O3. The Morgan fingerprint density at radius 1 is 1.04 bits per heavy atom. The van der Waals surface area contributed by atoms with Crippen molar-refractivity contribution < 1.29 is 14.3 Å². The normalized spacial score (nSPS) is 24.2. The van der Waals surface area contributed by atoms with Gasteiger partial charge in [-0.15, -0.1) is 0 Å². The molecule has 0 atom stereocenters. The molecule has 3 fully saturated rings. The number of likely N-dealkylation sites (tertiary alicyclic amines) is 2. The summed E-state index contributed by atoms with van der Waals surface area (Å²) in [6.45, 7) is 11.0. The van der Waals surface area contributed by atoms with Crippen LogP contribution in [0.5, 0.6) is 0 Å². The Morgan fingerprint density at radius 2 is 1.74 bits per heavy atom. The number of rotatable bonds is 5. The van der Waals surface area contributed by atoms with Crippen LogP contribution in [0.25, 0.3) is 0 Å². The summed E-state index contributed by atoms with van der Waals surface area (Å²) in [5.74, 6) is 0.811. The van der Waals surface area contributed by atoms with Crippen LogP contribution in [0.4, 0.5) is 4.79 Å². The molecule has 0 saturated carbocycles. The highest BCUT2D eigenvalue weighted by molar-refractivity contribution is 5.91. The summed E-state index contributed by atoms with van der Waals surface area (Å²) in [7, 11) is 0. The molecule has 0 spiro atoms. The summed E-state index contributed by atoms with van der Waals surface area (Å²) in [6.07, 6.45) is 6.88. The Hall–Kier alpha value is -1.18. The number of carbonyl (C=O) groups is 1. The molecule has 7 heteroatoms. The smallest absolute Gasteiger partial charge is 0.435 e. The maximum atomic E-state index is 12.1. The zero-order valence-corrected chi connectivity index (χ0v) is 16.9. The van der Waals surface area contributed by atoms with Crippen molar-refractivity contribution in [3.63, 3.8) is 0 Å². The van der Waals surface area contributed by atoms with Gasteiger partial charge in [-0.05, 0) is 51.9 Å². The Labute approximate surface area is 163 Å². The number of amides is 1. The maximum Gasteiger partial charge on any atom is 0.435 e. The molecular weight excluding hydrogens is 344 g/mol. The molecule has 3 saturated heterocycles. The zero-order chi connectivity index (χ0) is 18.9. The minimum Gasteiger partial charge on any atom is -0.447 e. The van der Waals surface area contributed by atoms with E-state index in [9.17, 15) is 4.79 Å². The monoisotopic (exact) mass is 380 g/mol. The van der Waals surface area contributed by atoms with Crippen LogP contribution in [-0.4, -0.2) is 98.3 Å². The number of ether oxygens (including phenoxy) is 2. The van der Waals surface area contributed by atoms with Crippen LogP contribution in [0, 0.1) is 0 Å². The number of aliphatic imine (C=N–C) groups is 1. The van der Waals surface area contributed by atoms with E-state index in [0.29, 0.717) is 19.8 Å². The Bertz CT molecular complexity index is 480. The Morgan fingerprint density at radius 3 is 2.41 bits per heavy atom. The first-order valence-corrected chi connectivity index (χ1v) is 10.8. The van der Waals surface area contributed by atoms with Gasteiger partial charge in [0.2, 0.25) is 0 Å². The Kier molecular flexibility index (Phi) is 8.35. The molecule has 3 aliphatic heterocycles. The van der Waals surface area contributed by atoms with Crippen LogP contribution >= 0.6 is 0 Å². The van der Waals surface area contributed by atoms with Gasteiger partial charge < -0.3 is 19.3 Å². The van der Waals surface area contributed by atoms with E-state index in [1.807, 2.05) is 6.92 Å². The molecule has 0 N–H and O–H groups in total. The number of hydrogen-bond acceptors (Lipinski definition) is 5. The van der Waals surface area contributed by atoms with Gasteiger partial charge in [-0.1, -0.05) is 13.3 Å². The van der Waals surface area contributed by atoms with Crippen molar-refractivity contribution in [2.45, 2.75) is 51.5 Å². The van der Waals surface area contributed by atoms with Gasteiger partial charge in [0.05, 0.1) is 13.2 Å². The minimum absolute atomic E-state index is 0.427. The first-order chi connectivity index (χ1) is 13.3. The quantitative estimate of drug-likeness (QED) is 0.538. The number of piperidine rings is 2. The number of amidine groups is 1. The third kappa shape index (κ3) is 6.43. The first kappa shape index (κ1) is 20.6. The number of morpholine rings is 1. The molecule has 7 nitrogen and oxygen atoms in total. The lowest BCUT2D eigenvalue weighted by molar-refractivity contribution is 0.0666. The highest BCUT2D eigenvalue weighted by Gasteiger charge is 2.25. The lowest BCUT2D eigenvalue weighted by Crippen LogP contribution is -2.47. The van der Waals surface area contributed by atoms with Crippen LogP contribution in [0.2, 0.25) is 0 Å².